The van der Waals surface area contributed by atoms with E-state index in [9.17, 15) is 5.11 Å². The molecule has 0 aromatic rings. The molecule has 0 saturated carbocycles. The summed E-state index contributed by atoms with van der Waals surface area (Å²) in [5.41, 5.74) is 0. The van der Waals surface area contributed by atoms with Gasteiger partial charge in [-0.25, -0.2) is 0 Å². The topological polar surface area (TPSA) is 23.1 Å². The van der Waals surface area contributed by atoms with E-state index in [1.807, 2.05) is 6.92 Å². The van der Waals surface area contributed by atoms with Crippen LogP contribution in [0.3, 0.4) is 0 Å². The summed E-state index contributed by atoms with van der Waals surface area (Å²) >= 11 is 0. The van der Waals surface area contributed by atoms with Gasteiger partial charge in [-0.15, -0.1) is 6.61 Å². The molecule has 0 aliphatic heterocycles. The Morgan fingerprint density at radius 3 is 1.86 bits per heavy atom. The summed E-state index contributed by atoms with van der Waals surface area (Å²) in [6.07, 6.45) is 1.86. The van der Waals surface area contributed by atoms with Crippen LogP contribution in [-0.2, 0) is 0 Å². The fraction of sp³-hybridized carbons (Fsp3) is 1.00. The molecule has 0 fully saturated rings. The smallest absolute Gasteiger partial charge is 0.854 e. The number of hydrogen-bond acceptors (Lipinski definition) is 1. The summed E-state index contributed by atoms with van der Waals surface area (Å²) in [6, 6.07) is 0. The largest absolute Gasteiger partial charge is 1.00 e. The molecular formula is C4H9Li2O. The second-order valence-corrected chi connectivity index (χ2v) is 1.06. The van der Waals surface area contributed by atoms with Crippen LogP contribution in [0.4, 0.5) is 0 Å². The zero-order valence-electron chi connectivity index (χ0n) is 5.53. The van der Waals surface area contributed by atoms with Gasteiger partial charge in [0.15, 0.2) is 0 Å². The van der Waals surface area contributed by atoms with Crippen LogP contribution in [-0.4, -0.2) is 25.5 Å². The van der Waals surface area contributed by atoms with Crippen molar-refractivity contribution in [2.45, 2.75) is 19.8 Å². The van der Waals surface area contributed by atoms with Crippen LogP contribution in [0.2, 0.25) is 0 Å². The zero-order chi connectivity index (χ0) is 4.12. The third-order valence-electron chi connectivity index (χ3n) is 0.498. The summed E-state index contributed by atoms with van der Waals surface area (Å²) in [5.74, 6) is 0. The molecule has 0 rings (SSSR count). The fourth-order valence-corrected chi connectivity index (χ4v) is 0.144. The molecule has 0 unspecified atom stereocenters. The van der Waals surface area contributed by atoms with Gasteiger partial charge in [-0.3, -0.25) is 0 Å². The van der Waals surface area contributed by atoms with Gasteiger partial charge in [-0.05, 0) is 0 Å². The van der Waals surface area contributed by atoms with Crippen LogP contribution in [0, 0.1) is 0 Å². The maximum absolute atomic E-state index is 9.53. The second-order valence-electron chi connectivity index (χ2n) is 1.06. The molecule has 0 amide bonds. The van der Waals surface area contributed by atoms with Gasteiger partial charge in [0.05, 0.1) is 0 Å². The van der Waals surface area contributed by atoms with Crippen LogP contribution < -0.4 is 24.0 Å². The maximum Gasteiger partial charge on any atom is 1.00 e. The van der Waals surface area contributed by atoms with E-state index in [1.165, 1.54) is 0 Å². The normalized spacial score (nSPS) is 6.00. The van der Waals surface area contributed by atoms with Crippen molar-refractivity contribution >= 4 is 18.9 Å². The van der Waals surface area contributed by atoms with Crippen LogP contribution >= 0.6 is 0 Å². The van der Waals surface area contributed by atoms with Crippen LogP contribution in [0.5, 0.6) is 0 Å². The molecule has 3 heteroatoms. The minimum atomic E-state index is 0. The van der Waals surface area contributed by atoms with Gasteiger partial charge >= 0.3 is 18.9 Å². The number of hydrogen-bond donors (Lipinski definition) is 0. The summed E-state index contributed by atoms with van der Waals surface area (Å²) in [4.78, 5) is 0. The molecule has 1 radical (unpaired) electrons. The van der Waals surface area contributed by atoms with Crippen molar-refractivity contribution < 1.29 is 24.0 Å². The van der Waals surface area contributed by atoms with Gasteiger partial charge in [-0.2, -0.15) is 0 Å². The van der Waals surface area contributed by atoms with E-state index in [0.29, 0.717) is 0 Å². The fourth-order valence-electron chi connectivity index (χ4n) is 0.144. The average molecular weight is 87.0 g/mol. The summed E-state index contributed by atoms with van der Waals surface area (Å²) in [5, 5.41) is 9.53. The Hall–Kier alpha value is 1.15. The molecule has 0 aliphatic rings. The van der Waals surface area contributed by atoms with Crippen molar-refractivity contribution in [2.75, 3.05) is 6.61 Å². The monoisotopic (exact) mass is 87.1 g/mol. The van der Waals surface area contributed by atoms with Gasteiger partial charge in [0.25, 0.3) is 0 Å². The molecule has 0 spiro atoms. The second kappa shape index (κ2) is 15.7. The van der Waals surface area contributed by atoms with Crippen LogP contribution in [0.15, 0.2) is 0 Å². The van der Waals surface area contributed by atoms with E-state index in [0.717, 1.165) is 12.8 Å². The average Bonchev–Trinajstić information content (AvgIpc) is 1.41. The van der Waals surface area contributed by atoms with Crippen molar-refractivity contribution in [3.8, 4) is 0 Å². The number of unbranched alkanes of at least 4 members (excludes halogenated alkanes) is 1. The molecule has 0 heterocycles. The first-order valence-corrected chi connectivity index (χ1v) is 2.00. The Morgan fingerprint density at radius 1 is 1.43 bits per heavy atom. The molecule has 0 aliphatic carbocycles. The molecular weight excluding hydrogens is 77.9 g/mol. The van der Waals surface area contributed by atoms with Gasteiger partial charge < -0.3 is 5.11 Å². The Kier molecular flexibility index (Phi) is 35.2. The quantitative estimate of drug-likeness (QED) is 0.325. The Morgan fingerprint density at radius 2 is 1.86 bits per heavy atom. The molecule has 7 heavy (non-hydrogen) atoms. The third-order valence-corrected chi connectivity index (χ3v) is 0.498. The zero-order valence-corrected chi connectivity index (χ0v) is 5.53. The molecule has 1 nitrogen and oxygen atoms in total. The first-order chi connectivity index (χ1) is 2.41. The van der Waals surface area contributed by atoms with Gasteiger partial charge in [-0.1, -0.05) is 19.8 Å². The van der Waals surface area contributed by atoms with Crippen LogP contribution in [0.25, 0.3) is 0 Å². The van der Waals surface area contributed by atoms with E-state index < -0.39 is 0 Å². The summed E-state index contributed by atoms with van der Waals surface area (Å²) in [7, 11) is 0. The number of rotatable bonds is 2. The molecule has 0 atom stereocenters. The van der Waals surface area contributed by atoms with Crippen molar-refractivity contribution in [1.29, 1.82) is 0 Å². The first kappa shape index (κ1) is 15.7. The molecule has 0 N–H and O–H groups in total. The Labute approximate surface area is 69.2 Å². The van der Waals surface area contributed by atoms with Crippen molar-refractivity contribution in [2.24, 2.45) is 0 Å². The maximum atomic E-state index is 9.53. The minimum Gasteiger partial charge on any atom is -0.854 e. The van der Waals surface area contributed by atoms with E-state index in [4.69, 9.17) is 0 Å². The van der Waals surface area contributed by atoms with Crippen molar-refractivity contribution in [3.05, 3.63) is 0 Å². The predicted octanol–water partition coefficient (Wildman–Crippen LogP) is -3.23. The van der Waals surface area contributed by atoms with E-state index in [2.05, 4.69) is 0 Å². The van der Waals surface area contributed by atoms with Gasteiger partial charge in [0.1, 0.15) is 0 Å². The summed E-state index contributed by atoms with van der Waals surface area (Å²) in [6.45, 7) is 2.11. The molecule has 0 bridgehead atoms. The van der Waals surface area contributed by atoms with E-state index in [1.54, 1.807) is 0 Å². The Balaban J connectivity index is -0.0000000800. The SMILES string of the molecule is CCCC[O-].[Li+].[Li]. The molecule has 0 aromatic carbocycles. The molecule has 0 saturated heterocycles. The van der Waals surface area contributed by atoms with Gasteiger partial charge in [0, 0.05) is 18.9 Å². The first-order valence-electron chi connectivity index (χ1n) is 2.00. The standard InChI is InChI=1S/C4H9O.2Li/c1-2-3-4-5;;/h2-4H2,1H3;;/q-1;;+1. The molecule has 33 valence electrons. The minimum absolute atomic E-state index is 0. The molecule has 0 aromatic heterocycles. The van der Waals surface area contributed by atoms with E-state index in [-0.39, 0.29) is 44.3 Å². The summed E-state index contributed by atoms with van der Waals surface area (Å²) < 4.78 is 0. The van der Waals surface area contributed by atoms with Crippen molar-refractivity contribution in [1.82, 2.24) is 0 Å². The predicted molar refractivity (Wildman–Crippen MR) is 25.5 cm³/mol. The van der Waals surface area contributed by atoms with Gasteiger partial charge in [0.2, 0.25) is 0 Å². The van der Waals surface area contributed by atoms with Crippen LogP contribution in [0.1, 0.15) is 19.8 Å². The third kappa shape index (κ3) is 19.1. The van der Waals surface area contributed by atoms with Crippen molar-refractivity contribution in [3.63, 3.8) is 0 Å². The van der Waals surface area contributed by atoms with E-state index >= 15 is 0 Å². The Bertz CT molecular complexity index is 17.2.